The molecule has 2 aromatic carbocycles. The summed E-state index contributed by atoms with van der Waals surface area (Å²) in [6, 6.07) is 17.2. The number of carboxylic acids is 1. The highest BCUT2D eigenvalue weighted by atomic mass is 16.5. The average molecular weight is 385 g/mol. The Balaban J connectivity index is 1.58. The van der Waals surface area contributed by atoms with Crippen LogP contribution < -0.4 is 10.1 Å². The van der Waals surface area contributed by atoms with Gasteiger partial charge in [-0.15, -0.1) is 0 Å². The Morgan fingerprint density at radius 3 is 2.97 bits per heavy atom. The summed E-state index contributed by atoms with van der Waals surface area (Å²) in [6.45, 7) is 1.16. The third-order valence-corrected chi connectivity index (χ3v) is 5.13. The number of hydrogen-bond acceptors (Lipinski definition) is 5. The minimum Gasteiger partial charge on any atom is -0.493 e. The van der Waals surface area contributed by atoms with E-state index in [-0.39, 0.29) is 11.5 Å². The lowest BCUT2D eigenvalue weighted by Crippen LogP contribution is -2.21. The van der Waals surface area contributed by atoms with Gasteiger partial charge in [0.15, 0.2) is 0 Å². The number of ether oxygens (including phenoxy) is 1. The molecule has 0 saturated heterocycles. The molecule has 29 heavy (non-hydrogen) atoms. The summed E-state index contributed by atoms with van der Waals surface area (Å²) < 4.78 is 5.89. The number of fused-ring (bicyclic) bond motifs is 1. The summed E-state index contributed by atoms with van der Waals surface area (Å²) in [7, 11) is 0. The van der Waals surface area contributed by atoms with E-state index >= 15 is 0 Å². The molecule has 0 bridgehead atoms. The number of aromatic nitrogens is 1. The molecule has 6 heteroatoms. The van der Waals surface area contributed by atoms with Gasteiger partial charge in [-0.05, 0) is 41.3 Å². The summed E-state index contributed by atoms with van der Waals surface area (Å²) in [5.41, 5.74) is 4.23. The van der Waals surface area contributed by atoms with Crippen LogP contribution in [0, 0.1) is 11.3 Å². The number of carbonyl (C=O) groups is 1. The zero-order valence-electron chi connectivity index (χ0n) is 15.6. The molecule has 2 heterocycles. The van der Waals surface area contributed by atoms with Gasteiger partial charge < -0.3 is 15.2 Å². The van der Waals surface area contributed by atoms with Crippen LogP contribution in [0.4, 0.5) is 5.69 Å². The molecule has 0 fully saturated rings. The lowest BCUT2D eigenvalue weighted by molar-refractivity contribution is 0.0697. The van der Waals surface area contributed by atoms with Gasteiger partial charge in [-0.25, -0.2) is 4.79 Å². The molecule has 0 amide bonds. The first-order chi connectivity index (χ1) is 14.2. The third-order valence-electron chi connectivity index (χ3n) is 5.13. The predicted molar refractivity (Wildman–Crippen MR) is 109 cm³/mol. The van der Waals surface area contributed by atoms with E-state index < -0.39 is 5.97 Å². The van der Waals surface area contributed by atoms with Crippen molar-refractivity contribution in [3.05, 3.63) is 77.6 Å². The Morgan fingerprint density at radius 1 is 1.28 bits per heavy atom. The first-order valence-electron chi connectivity index (χ1n) is 9.35. The molecular formula is C23H19N3O3. The second-order valence-electron chi connectivity index (χ2n) is 6.85. The molecule has 1 aliphatic rings. The molecule has 1 aliphatic heterocycles. The normalized spacial score (nSPS) is 14.9. The molecule has 3 aromatic rings. The van der Waals surface area contributed by atoms with Crippen molar-refractivity contribution in [2.24, 2.45) is 0 Å². The maximum atomic E-state index is 11.4. The first kappa shape index (κ1) is 18.5. The molecular weight excluding hydrogens is 366 g/mol. The number of carboxylic acid groups (broad SMARTS) is 1. The first-order valence-corrected chi connectivity index (χ1v) is 9.35. The van der Waals surface area contributed by atoms with Crippen LogP contribution in [0.25, 0.3) is 11.1 Å². The van der Waals surface area contributed by atoms with Gasteiger partial charge >= 0.3 is 5.97 Å². The maximum absolute atomic E-state index is 11.4. The van der Waals surface area contributed by atoms with E-state index in [1.165, 1.54) is 18.5 Å². The standard InChI is InChI=1S/C23H19N3O3/c24-12-16-3-1-2-4-18(16)15-5-6-19-17(8-10-29-22(19)11-15)13-26-21-14-25-9-7-20(21)23(27)28/h1-7,9,11,14,17,26H,8,10,13H2,(H,27,28)/t17-/m0/s1. The molecule has 0 spiro atoms. The van der Waals surface area contributed by atoms with Gasteiger partial charge in [-0.3, -0.25) is 4.98 Å². The number of hydrogen-bond donors (Lipinski definition) is 2. The molecule has 0 aliphatic carbocycles. The zero-order valence-corrected chi connectivity index (χ0v) is 15.6. The van der Waals surface area contributed by atoms with Crippen LogP contribution in [-0.4, -0.2) is 29.2 Å². The summed E-state index contributed by atoms with van der Waals surface area (Å²) in [5.74, 6) is 0.00174. The topological polar surface area (TPSA) is 95.2 Å². The van der Waals surface area contributed by atoms with Gasteiger partial charge in [0.05, 0.1) is 35.7 Å². The number of aromatic carboxylic acids is 1. The monoisotopic (exact) mass is 385 g/mol. The van der Waals surface area contributed by atoms with Crippen molar-refractivity contribution in [1.82, 2.24) is 4.98 Å². The van der Waals surface area contributed by atoms with E-state index in [1.807, 2.05) is 36.4 Å². The predicted octanol–water partition coefficient (Wildman–Crippen LogP) is 4.30. The minimum atomic E-state index is -0.983. The quantitative estimate of drug-likeness (QED) is 0.680. The highest BCUT2D eigenvalue weighted by Gasteiger charge is 2.23. The van der Waals surface area contributed by atoms with Gasteiger partial charge in [-0.1, -0.05) is 30.3 Å². The Morgan fingerprint density at radius 2 is 2.14 bits per heavy atom. The van der Waals surface area contributed by atoms with Crippen LogP contribution in [0.1, 0.15) is 33.8 Å². The summed E-state index contributed by atoms with van der Waals surface area (Å²) in [5, 5.41) is 21.9. The van der Waals surface area contributed by atoms with Crippen molar-refractivity contribution in [2.75, 3.05) is 18.5 Å². The van der Waals surface area contributed by atoms with Gasteiger partial charge in [0.1, 0.15) is 5.75 Å². The Hall–Kier alpha value is -3.85. The molecule has 144 valence electrons. The Bertz CT molecular complexity index is 1100. The van der Waals surface area contributed by atoms with E-state index in [1.54, 1.807) is 6.07 Å². The van der Waals surface area contributed by atoms with Crippen molar-refractivity contribution in [2.45, 2.75) is 12.3 Å². The molecule has 0 radical (unpaired) electrons. The third kappa shape index (κ3) is 3.76. The van der Waals surface area contributed by atoms with Crippen LogP contribution in [0.5, 0.6) is 5.75 Å². The van der Waals surface area contributed by atoms with Gasteiger partial charge in [0.25, 0.3) is 0 Å². The zero-order chi connectivity index (χ0) is 20.2. The van der Waals surface area contributed by atoms with Crippen molar-refractivity contribution in [3.8, 4) is 22.9 Å². The van der Waals surface area contributed by atoms with Crippen molar-refractivity contribution >= 4 is 11.7 Å². The lowest BCUT2D eigenvalue weighted by atomic mass is 9.90. The van der Waals surface area contributed by atoms with Crippen LogP contribution in [0.3, 0.4) is 0 Å². The minimum absolute atomic E-state index is 0.181. The van der Waals surface area contributed by atoms with Crippen molar-refractivity contribution in [3.63, 3.8) is 0 Å². The van der Waals surface area contributed by atoms with Gasteiger partial charge in [0, 0.05) is 18.7 Å². The smallest absolute Gasteiger partial charge is 0.337 e. The van der Waals surface area contributed by atoms with Crippen molar-refractivity contribution in [1.29, 1.82) is 5.26 Å². The lowest BCUT2D eigenvalue weighted by Gasteiger charge is -2.27. The van der Waals surface area contributed by atoms with E-state index in [4.69, 9.17) is 4.74 Å². The fraction of sp³-hybridized carbons (Fsp3) is 0.174. The highest BCUT2D eigenvalue weighted by molar-refractivity contribution is 5.93. The van der Waals surface area contributed by atoms with E-state index in [2.05, 4.69) is 16.4 Å². The fourth-order valence-electron chi connectivity index (χ4n) is 3.63. The number of anilines is 1. The maximum Gasteiger partial charge on any atom is 0.337 e. The van der Waals surface area contributed by atoms with E-state index in [0.29, 0.717) is 24.4 Å². The van der Waals surface area contributed by atoms with Crippen LogP contribution in [0.2, 0.25) is 0 Å². The number of nitrogens with zero attached hydrogens (tertiary/aromatic N) is 2. The molecule has 1 aromatic heterocycles. The summed E-state index contributed by atoms with van der Waals surface area (Å²) in [6.07, 6.45) is 3.83. The van der Waals surface area contributed by atoms with E-state index in [9.17, 15) is 15.2 Å². The van der Waals surface area contributed by atoms with Crippen LogP contribution in [-0.2, 0) is 0 Å². The second kappa shape index (κ2) is 8.03. The summed E-state index contributed by atoms with van der Waals surface area (Å²) >= 11 is 0. The van der Waals surface area contributed by atoms with Crippen molar-refractivity contribution < 1.29 is 14.6 Å². The van der Waals surface area contributed by atoms with Crippen LogP contribution in [0.15, 0.2) is 60.9 Å². The number of nitriles is 1. The molecule has 1 atom stereocenters. The number of benzene rings is 2. The average Bonchev–Trinajstić information content (AvgIpc) is 2.77. The molecule has 0 unspecified atom stereocenters. The number of pyridine rings is 1. The van der Waals surface area contributed by atoms with E-state index in [0.717, 1.165) is 28.9 Å². The second-order valence-corrected chi connectivity index (χ2v) is 6.85. The van der Waals surface area contributed by atoms with Crippen LogP contribution >= 0.6 is 0 Å². The Kier molecular flexibility index (Phi) is 5.12. The van der Waals surface area contributed by atoms with Gasteiger partial charge in [0.2, 0.25) is 0 Å². The van der Waals surface area contributed by atoms with Gasteiger partial charge in [-0.2, -0.15) is 5.26 Å². The molecule has 4 rings (SSSR count). The molecule has 2 N–H and O–H groups in total. The largest absolute Gasteiger partial charge is 0.493 e. The SMILES string of the molecule is N#Cc1ccccc1-c1ccc2c(c1)OCC[C@H]2CNc1cnccc1C(=O)O. The number of nitrogens with one attached hydrogen (secondary N) is 1. The highest BCUT2D eigenvalue weighted by Crippen LogP contribution is 2.37. The molecule has 0 saturated carbocycles. The Labute approximate surface area is 168 Å². The molecule has 6 nitrogen and oxygen atoms in total. The fourth-order valence-corrected chi connectivity index (χ4v) is 3.63. The number of rotatable bonds is 5. The summed E-state index contributed by atoms with van der Waals surface area (Å²) in [4.78, 5) is 15.4.